The van der Waals surface area contributed by atoms with E-state index in [4.69, 9.17) is 11.5 Å². The summed E-state index contributed by atoms with van der Waals surface area (Å²) in [5.74, 6) is -1.39. The van der Waals surface area contributed by atoms with Gasteiger partial charge in [0.1, 0.15) is 0 Å². The van der Waals surface area contributed by atoms with Crippen molar-refractivity contribution in [3.8, 4) is 0 Å². The number of carbonyl (C=O) groups is 1. The lowest BCUT2D eigenvalue weighted by Crippen LogP contribution is -2.05. The van der Waals surface area contributed by atoms with E-state index in [0.29, 0.717) is 5.56 Å². The highest BCUT2D eigenvalue weighted by atomic mass is 19.1. The second-order valence-corrected chi connectivity index (χ2v) is 2.37. The van der Waals surface area contributed by atoms with E-state index in [2.05, 4.69) is 4.98 Å². The molecule has 1 amide bonds. The van der Waals surface area contributed by atoms with Crippen LogP contribution in [0.3, 0.4) is 0 Å². The molecule has 0 saturated carbocycles. The molecule has 0 fully saturated rings. The van der Waals surface area contributed by atoms with Crippen LogP contribution in [0.4, 0.5) is 10.2 Å². The highest BCUT2D eigenvalue weighted by molar-refractivity contribution is 5.90. The predicted octanol–water partition coefficient (Wildman–Crippen LogP) is 0.301. The third-order valence-corrected chi connectivity index (χ3v) is 1.33. The van der Waals surface area contributed by atoms with E-state index in [1.54, 1.807) is 0 Å². The highest BCUT2D eigenvalue weighted by Gasteiger charge is 1.98. The van der Waals surface area contributed by atoms with Crippen molar-refractivity contribution in [2.75, 3.05) is 5.73 Å². The summed E-state index contributed by atoms with van der Waals surface area (Å²) in [5, 5.41) is 0. The van der Waals surface area contributed by atoms with Crippen LogP contribution in [-0.4, -0.2) is 10.9 Å². The van der Waals surface area contributed by atoms with Crippen molar-refractivity contribution in [1.29, 1.82) is 0 Å². The first-order chi connectivity index (χ1) is 6.09. The van der Waals surface area contributed by atoms with Gasteiger partial charge >= 0.3 is 0 Å². The van der Waals surface area contributed by atoms with Crippen molar-refractivity contribution in [2.45, 2.75) is 0 Å². The Bertz CT molecular complexity index is 362. The number of hydrogen-bond acceptors (Lipinski definition) is 3. The molecule has 1 rings (SSSR count). The predicted molar refractivity (Wildman–Crippen MR) is 46.8 cm³/mol. The zero-order chi connectivity index (χ0) is 9.84. The molecule has 4 N–H and O–H groups in total. The van der Waals surface area contributed by atoms with Crippen molar-refractivity contribution in [1.82, 2.24) is 4.98 Å². The summed E-state index contributed by atoms with van der Waals surface area (Å²) >= 11 is 0. The number of anilines is 1. The normalized spacial score (nSPS) is 10.5. The summed E-state index contributed by atoms with van der Waals surface area (Å²) in [6, 6.07) is 1.17. The van der Waals surface area contributed by atoms with Crippen molar-refractivity contribution in [3.05, 3.63) is 29.7 Å². The Balaban J connectivity index is 2.92. The third kappa shape index (κ3) is 2.55. The Morgan fingerprint density at radius 1 is 1.62 bits per heavy atom. The standard InChI is InChI=1S/C8H8FN3O/c9-6-3-5(1-2-7(10)13)4-12-8(6)11/h1-4H,(H2,10,13)(H2,11,12). The number of primary amides is 1. The van der Waals surface area contributed by atoms with E-state index < -0.39 is 11.7 Å². The molecular formula is C8H8FN3O. The van der Waals surface area contributed by atoms with Gasteiger partial charge in [0, 0.05) is 12.3 Å². The highest BCUT2D eigenvalue weighted by Crippen LogP contribution is 2.09. The number of nitrogens with zero attached hydrogens (tertiary/aromatic N) is 1. The summed E-state index contributed by atoms with van der Waals surface area (Å²) in [5.41, 5.74) is 10.4. The lowest BCUT2D eigenvalue weighted by Gasteiger charge is -1.95. The third-order valence-electron chi connectivity index (χ3n) is 1.33. The summed E-state index contributed by atoms with van der Waals surface area (Å²) in [6.07, 6.45) is 3.82. The largest absolute Gasteiger partial charge is 0.381 e. The van der Waals surface area contributed by atoms with E-state index in [-0.39, 0.29) is 5.82 Å². The molecule has 4 nitrogen and oxygen atoms in total. The minimum absolute atomic E-state index is 0.170. The van der Waals surface area contributed by atoms with Crippen LogP contribution in [-0.2, 0) is 4.79 Å². The quantitative estimate of drug-likeness (QED) is 0.644. The summed E-state index contributed by atoms with van der Waals surface area (Å²) in [6.45, 7) is 0. The number of nitrogens with two attached hydrogens (primary N) is 2. The monoisotopic (exact) mass is 181 g/mol. The fraction of sp³-hybridized carbons (Fsp3) is 0. The Kier molecular flexibility index (Phi) is 2.59. The van der Waals surface area contributed by atoms with Crippen LogP contribution in [0.25, 0.3) is 6.08 Å². The minimum atomic E-state index is -0.619. The average molecular weight is 181 g/mol. The number of pyridine rings is 1. The maximum atomic E-state index is 12.8. The van der Waals surface area contributed by atoms with Gasteiger partial charge in [-0.3, -0.25) is 4.79 Å². The van der Waals surface area contributed by atoms with Gasteiger partial charge in [0.25, 0.3) is 0 Å². The van der Waals surface area contributed by atoms with Crippen LogP contribution < -0.4 is 11.5 Å². The lowest BCUT2D eigenvalue weighted by molar-refractivity contribution is -0.113. The fourth-order valence-corrected chi connectivity index (χ4v) is 0.733. The molecule has 1 heterocycles. The molecule has 0 spiro atoms. The lowest BCUT2D eigenvalue weighted by atomic mass is 10.2. The van der Waals surface area contributed by atoms with Gasteiger partial charge in [-0.15, -0.1) is 0 Å². The van der Waals surface area contributed by atoms with Crippen molar-refractivity contribution < 1.29 is 9.18 Å². The van der Waals surface area contributed by atoms with Gasteiger partial charge in [-0.05, 0) is 17.7 Å². The Morgan fingerprint density at radius 2 is 2.31 bits per heavy atom. The molecule has 0 aromatic carbocycles. The second-order valence-electron chi connectivity index (χ2n) is 2.37. The Labute approximate surface area is 74.1 Å². The van der Waals surface area contributed by atoms with E-state index in [9.17, 15) is 9.18 Å². The summed E-state index contributed by atoms with van der Waals surface area (Å²) in [7, 11) is 0. The molecule has 13 heavy (non-hydrogen) atoms. The maximum Gasteiger partial charge on any atom is 0.241 e. The minimum Gasteiger partial charge on any atom is -0.381 e. The van der Waals surface area contributed by atoms with Crippen LogP contribution in [0.5, 0.6) is 0 Å². The number of nitrogen functional groups attached to an aromatic ring is 1. The van der Waals surface area contributed by atoms with Crippen LogP contribution in [0, 0.1) is 5.82 Å². The van der Waals surface area contributed by atoms with Crippen molar-refractivity contribution in [2.24, 2.45) is 5.73 Å². The topological polar surface area (TPSA) is 82.0 Å². The molecule has 0 atom stereocenters. The van der Waals surface area contributed by atoms with Crippen molar-refractivity contribution >= 4 is 17.8 Å². The Hall–Kier alpha value is -1.91. The number of aromatic nitrogens is 1. The van der Waals surface area contributed by atoms with Gasteiger partial charge in [-0.25, -0.2) is 9.37 Å². The molecule has 0 radical (unpaired) electrons. The molecular weight excluding hydrogens is 173 g/mol. The van der Waals surface area contributed by atoms with Gasteiger partial charge in [0.2, 0.25) is 5.91 Å². The number of halogens is 1. The molecule has 5 heteroatoms. The maximum absolute atomic E-state index is 12.8. The van der Waals surface area contributed by atoms with Gasteiger partial charge in [0.05, 0.1) is 0 Å². The van der Waals surface area contributed by atoms with Gasteiger partial charge in [-0.2, -0.15) is 0 Å². The molecule has 1 aromatic rings. The number of rotatable bonds is 2. The zero-order valence-corrected chi connectivity index (χ0v) is 6.70. The molecule has 0 aliphatic rings. The van der Waals surface area contributed by atoms with Crippen molar-refractivity contribution in [3.63, 3.8) is 0 Å². The van der Waals surface area contributed by atoms with E-state index >= 15 is 0 Å². The number of hydrogen-bond donors (Lipinski definition) is 2. The van der Waals surface area contributed by atoms with E-state index in [1.807, 2.05) is 0 Å². The smallest absolute Gasteiger partial charge is 0.241 e. The molecule has 1 aromatic heterocycles. The van der Waals surface area contributed by atoms with E-state index in [0.717, 1.165) is 6.08 Å². The summed E-state index contributed by atoms with van der Waals surface area (Å²) in [4.78, 5) is 13.9. The van der Waals surface area contributed by atoms with Crippen LogP contribution >= 0.6 is 0 Å². The first kappa shape index (κ1) is 9.18. The molecule has 0 bridgehead atoms. The van der Waals surface area contributed by atoms with E-state index in [1.165, 1.54) is 18.3 Å². The summed E-state index contributed by atoms with van der Waals surface area (Å²) < 4.78 is 12.8. The fourth-order valence-electron chi connectivity index (χ4n) is 0.733. The second kappa shape index (κ2) is 3.66. The number of carbonyl (C=O) groups excluding carboxylic acids is 1. The van der Waals surface area contributed by atoms with Gasteiger partial charge < -0.3 is 11.5 Å². The first-order valence-corrected chi connectivity index (χ1v) is 3.48. The zero-order valence-electron chi connectivity index (χ0n) is 6.70. The first-order valence-electron chi connectivity index (χ1n) is 3.48. The molecule has 0 aliphatic carbocycles. The molecule has 0 unspecified atom stereocenters. The molecule has 0 aliphatic heterocycles. The Morgan fingerprint density at radius 3 is 2.85 bits per heavy atom. The van der Waals surface area contributed by atoms with Gasteiger partial charge in [0.15, 0.2) is 11.6 Å². The molecule has 0 saturated heterocycles. The van der Waals surface area contributed by atoms with Crippen LogP contribution in [0.2, 0.25) is 0 Å². The van der Waals surface area contributed by atoms with Gasteiger partial charge in [-0.1, -0.05) is 0 Å². The van der Waals surface area contributed by atoms with Crippen LogP contribution in [0.1, 0.15) is 5.56 Å². The SMILES string of the molecule is NC(=O)C=Cc1cnc(N)c(F)c1. The number of amides is 1. The molecule has 68 valence electrons. The average Bonchev–Trinajstić information content (AvgIpc) is 2.07. The van der Waals surface area contributed by atoms with Crippen LogP contribution in [0.15, 0.2) is 18.3 Å².